The number of aliphatic hydroxyl groups excluding tert-OH is 1. The van der Waals surface area contributed by atoms with Crippen molar-refractivity contribution in [3.63, 3.8) is 0 Å². The van der Waals surface area contributed by atoms with Gasteiger partial charge in [0, 0.05) is 19.6 Å². The van der Waals surface area contributed by atoms with E-state index in [1.807, 2.05) is 48.5 Å². The zero-order valence-electron chi connectivity index (χ0n) is 15.4. The van der Waals surface area contributed by atoms with E-state index in [0.717, 1.165) is 35.7 Å². The van der Waals surface area contributed by atoms with Gasteiger partial charge in [0.2, 0.25) is 0 Å². The smallest absolute Gasteiger partial charge is 0.118 e. The summed E-state index contributed by atoms with van der Waals surface area (Å²) in [7, 11) is 3.26. The van der Waals surface area contributed by atoms with E-state index in [4.69, 9.17) is 9.47 Å². The Bertz CT molecular complexity index is 691. The molecule has 1 fully saturated rings. The Hall–Kier alpha value is -2.08. The molecule has 0 saturated carbocycles. The Labute approximate surface area is 154 Å². The minimum atomic E-state index is -0.812. The molecule has 1 aliphatic rings. The van der Waals surface area contributed by atoms with E-state index >= 15 is 0 Å². The van der Waals surface area contributed by atoms with Gasteiger partial charge in [-0.2, -0.15) is 0 Å². The molecule has 2 N–H and O–H groups in total. The molecule has 0 unspecified atom stereocenters. The molecule has 0 aromatic heterocycles. The third-order valence-electron chi connectivity index (χ3n) is 5.24. The second-order valence-electron chi connectivity index (χ2n) is 6.85. The fourth-order valence-corrected chi connectivity index (χ4v) is 3.47. The summed E-state index contributed by atoms with van der Waals surface area (Å²) in [5.41, 5.74) is 0.990. The van der Waals surface area contributed by atoms with Crippen LogP contribution in [-0.4, -0.2) is 49.0 Å². The van der Waals surface area contributed by atoms with Crippen molar-refractivity contribution in [2.75, 3.05) is 33.9 Å². The number of hydrogen-bond acceptors (Lipinski definition) is 5. The van der Waals surface area contributed by atoms with E-state index in [-0.39, 0.29) is 0 Å². The van der Waals surface area contributed by atoms with Gasteiger partial charge < -0.3 is 24.6 Å². The van der Waals surface area contributed by atoms with Crippen LogP contribution in [-0.2, 0) is 5.60 Å². The molecule has 2 aromatic carbocycles. The molecule has 0 spiro atoms. The molecule has 5 heteroatoms. The van der Waals surface area contributed by atoms with Gasteiger partial charge in [-0.25, -0.2) is 0 Å². The Morgan fingerprint density at radius 2 is 1.42 bits per heavy atom. The maximum atomic E-state index is 11.0. The van der Waals surface area contributed by atoms with E-state index in [1.165, 1.54) is 0 Å². The van der Waals surface area contributed by atoms with Crippen molar-refractivity contribution < 1.29 is 19.7 Å². The summed E-state index contributed by atoms with van der Waals surface area (Å²) < 4.78 is 10.3. The molecule has 1 aliphatic heterocycles. The van der Waals surface area contributed by atoms with Crippen molar-refractivity contribution in [1.29, 1.82) is 0 Å². The van der Waals surface area contributed by atoms with Crippen LogP contribution in [0.4, 0.5) is 0 Å². The lowest BCUT2D eigenvalue weighted by molar-refractivity contribution is -0.0345. The molecule has 0 radical (unpaired) electrons. The fraction of sp³-hybridized carbons (Fsp3) is 0.429. The minimum Gasteiger partial charge on any atom is -0.497 e. The molecule has 26 heavy (non-hydrogen) atoms. The molecule has 0 bridgehead atoms. The van der Waals surface area contributed by atoms with Crippen molar-refractivity contribution in [3.8, 4) is 11.5 Å². The second kappa shape index (κ2) is 8.08. The van der Waals surface area contributed by atoms with E-state index in [1.54, 1.807) is 14.2 Å². The van der Waals surface area contributed by atoms with Gasteiger partial charge >= 0.3 is 0 Å². The highest BCUT2D eigenvalue weighted by atomic mass is 16.5. The first-order chi connectivity index (χ1) is 12.5. The predicted octanol–water partition coefficient (Wildman–Crippen LogP) is 2.72. The maximum Gasteiger partial charge on any atom is 0.118 e. The first-order valence-electron chi connectivity index (χ1n) is 8.95. The molecule has 3 rings (SSSR count). The number of likely N-dealkylation sites (tertiary alicyclic amines) is 1. The Kier molecular flexibility index (Phi) is 5.81. The van der Waals surface area contributed by atoms with Crippen LogP contribution in [0.3, 0.4) is 0 Å². The Balaban J connectivity index is 1.56. The first-order valence-corrected chi connectivity index (χ1v) is 8.95. The van der Waals surface area contributed by atoms with Crippen LogP contribution in [0.25, 0.3) is 0 Å². The number of hydrogen-bond donors (Lipinski definition) is 2. The van der Waals surface area contributed by atoms with Gasteiger partial charge in [0.25, 0.3) is 0 Å². The van der Waals surface area contributed by atoms with Crippen LogP contribution in [0.5, 0.6) is 11.5 Å². The molecule has 5 nitrogen and oxygen atoms in total. The van der Waals surface area contributed by atoms with Gasteiger partial charge in [-0.05, 0) is 48.2 Å². The molecule has 1 saturated heterocycles. The number of aliphatic hydroxyl groups is 2. The summed E-state index contributed by atoms with van der Waals surface area (Å²) in [5, 5.41) is 21.5. The van der Waals surface area contributed by atoms with Gasteiger partial charge in [0.05, 0.1) is 25.9 Å². The normalized spacial score (nSPS) is 18.3. The average Bonchev–Trinajstić information content (AvgIpc) is 2.70. The molecule has 1 heterocycles. The molecule has 140 valence electrons. The van der Waals surface area contributed by atoms with Gasteiger partial charge in [0.1, 0.15) is 11.5 Å². The van der Waals surface area contributed by atoms with E-state index in [2.05, 4.69) is 4.90 Å². The number of methoxy groups -OCH3 is 2. The maximum absolute atomic E-state index is 11.0. The van der Waals surface area contributed by atoms with E-state index in [9.17, 15) is 10.2 Å². The topological polar surface area (TPSA) is 62.2 Å². The SMILES string of the molecule is COc1ccc([C@H](O)CN2CCC(O)(c3ccc(OC)cc3)CC2)cc1. The first kappa shape index (κ1) is 18.7. The zero-order chi connectivity index (χ0) is 18.6. The summed E-state index contributed by atoms with van der Waals surface area (Å²) in [6, 6.07) is 15.1. The van der Waals surface area contributed by atoms with Gasteiger partial charge in [-0.3, -0.25) is 0 Å². The third-order valence-corrected chi connectivity index (χ3v) is 5.24. The number of benzene rings is 2. The fourth-order valence-electron chi connectivity index (χ4n) is 3.47. The summed E-state index contributed by atoms with van der Waals surface area (Å²) in [6.45, 7) is 2.05. The summed E-state index contributed by atoms with van der Waals surface area (Å²) in [5.74, 6) is 1.57. The highest BCUT2D eigenvalue weighted by Crippen LogP contribution is 2.34. The van der Waals surface area contributed by atoms with Crippen LogP contribution in [0.2, 0.25) is 0 Å². The number of rotatable bonds is 6. The molecular formula is C21H27NO4. The number of nitrogens with zero attached hydrogens (tertiary/aromatic N) is 1. The lowest BCUT2D eigenvalue weighted by Crippen LogP contribution is -2.43. The van der Waals surface area contributed by atoms with Crippen molar-refractivity contribution in [2.45, 2.75) is 24.5 Å². The quantitative estimate of drug-likeness (QED) is 0.832. The molecule has 0 amide bonds. The molecule has 0 aliphatic carbocycles. The van der Waals surface area contributed by atoms with E-state index in [0.29, 0.717) is 19.4 Å². The highest BCUT2D eigenvalue weighted by Gasteiger charge is 2.34. The number of β-amino-alcohol motifs (C(OH)–C–C–N with tert-alkyl or cyclic N) is 1. The third kappa shape index (κ3) is 4.18. The summed E-state index contributed by atoms with van der Waals surface area (Å²) in [6.07, 6.45) is 0.747. The van der Waals surface area contributed by atoms with Crippen LogP contribution in [0.15, 0.2) is 48.5 Å². The molecular weight excluding hydrogens is 330 g/mol. The van der Waals surface area contributed by atoms with Crippen molar-refractivity contribution in [3.05, 3.63) is 59.7 Å². The standard InChI is InChI=1S/C21H27NO4/c1-25-18-7-3-16(4-8-18)20(23)15-22-13-11-21(24,12-14-22)17-5-9-19(26-2)10-6-17/h3-10,20,23-24H,11-15H2,1-2H3/t20-/m1/s1. The van der Waals surface area contributed by atoms with E-state index < -0.39 is 11.7 Å². The summed E-state index contributed by atoms with van der Waals surface area (Å²) in [4.78, 5) is 2.20. The monoisotopic (exact) mass is 357 g/mol. The zero-order valence-corrected chi connectivity index (χ0v) is 15.4. The molecule has 1 atom stereocenters. The van der Waals surface area contributed by atoms with Crippen LogP contribution >= 0.6 is 0 Å². The predicted molar refractivity (Wildman–Crippen MR) is 101 cm³/mol. The Morgan fingerprint density at radius 1 is 0.923 bits per heavy atom. The number of piperidine rings is 1. The van der Waals surface area contributed by atoms with Crippen LogP contribution in [0, 0.1) is 0 Å². The van der Waals surface area contributed by atoms with Gasteiger partial charge in [-0.15, -0.1) is 0 Å². The Morgan fingerprint density at radius 3 is 1.92 bits per heavy atom. The molecule has 2 aromatic rings. The number of ether oxygens (including phenoxy) is 2. The largest absolute Gasteiger partial charge is 0.497 e. The van der Waals surface area contributed by atoms with Gasteiger partial charge in [0.15, 0.2) is 0 Å². The minimum absolute atomic E-state index is 0.548. The van der Waals surface area contributed by atoms with Crippen molar-refractivity contribution in [1.82, 2.24) is 4.90 Å². The lowest BCUT2D eigenvalue weighted by atomic mass is 9.84. The van der Waals surface area contributed by atoms with Gasteiger partial charge in [-0.1, -0.05) is 24.3 Å². The van der Waals surface area contributed by atoms with Crippen molar-refractivity contribution >= 4 is 0 Å². The van der Waals surface area contributed by atoms with Crippen LogP contribution in [0.1, 0.15) is 30.1 Å². The lowest BCUT2D eigenvalue weighted by Gasteiger charge is -2.39. The summed E-state index contributed by atoms with van der Waals surface area (Å²) >= 11 is 0. The second-order valence-corrected chi connectivity index (χ2v) is 6.85. The average molecular weight is 357 g/mol. The van der Waals surface area contributed by atoms with Crippen molar-refractivity contribution in [2.24, 2.45) is 0 Å². The highest BCUT2D eigenvalue weighted by molar-refractivity contribution is 5.31. The van der Waals surface area contributed by atoms with Crippen LogP contribution < -0.4 is 9.47 Å².